The number of rotatable bonds is 6. The first-order valence-corrected chi connectivity index (χ1v) is 11.3. The lowest BCUT2D eigenvalue weighted by atomic mass is 9.98. The van der Waals surface area contributed by atoms with E-state index in [0.717, 1.165) is 32.1 Å². The number of hydrogen-bond donors (Lipinski definition) is 0. The van der Waals surface area contributed by atoms with Crippen molar-refractivity contribution >= 4 is 33.2 Å². The molecule has 9 heteroatoms. The molecule has 1 atom stereocenters. The third kappa shape index (κ3) is 4.23. The van der Waals surface area contributed by atoms with Gasteiger partial charge in [0.25, 0.3) is 11.2 Å². The van der Waals surface area contributed by atoms with Crippen molar-refractivity contribution in [1.29, 1.82) is 0 Å². The van der Waals surface area contributed by atoms with Crippen LogP contribution in [0.5, 0.6) is 0 Å². The average molecular weight is 442 g/mol. The van der Waals surface area contributed by atoms with E-state index < -0.39 is 16.9 Å². The first-order valence-electron chi connectivity index (χ1n) is 10.4. The van der Waals surface area contributed by atoms with E-state index in [-0.39, 0.29) is 17.4 Å². The van der Waals surface area contributed by atoms with E-state index in [1.807, 2.05) is 12.3 Å². The molecule has 0 N–H and O–H groups in total. The van der Waals surface area contributed by atoms with E-state index in [2.05, 4.69) is 4.98 Å². The summed E-state index contributed by atoms with van der Waals surface area (Å²) in [5.41, 5.74) is 1.01. The van der Waals surface area contributed by atoms with Crippen LogP contribution in [0.4, 0.5) is 5.69 Å². The Balaban J connectivity index is 1.69. The van der Waals surface area contributed by atoms with Crippen LogP contribution in [-0.4, -0.2) is 26.5 Å². The van der Waals surface area contributed by atoms with Crippen molar-refractivity contribution in [3.63, 3.8) is 0 Å². The zero-order chi connectivity index (χ0) is 22.0. The number of benzene rings is 1. The highest BCUT2D eigenvalue weighted by molar-refractivity contribution is 7.17. The normalized spacial score (nSPS) is 15.6. The summed E-state index contributed by atoms with van der Waals surface area (Å²) in [5.74, 6) is -0.398. The van der Waals surface area contributed by atoms with Crippen LogP contribution < -0.4 is 5.56 Å². The molecule has 3 aromatic rings. The number of esters is 1. The second-order valence-electron chi connectivity index (χ2n) is 7.71. The molecule has 1 aromatic carbocycles. The summed E-state index contributed by atoms with van der Waals surface area (Å²) in [6, 6.07) is 5.31. The van der Waals surface area contributed by atoms with Gasteiger partial charge in [-0.2, -0.15) is 0 Å². The number of carbonyl (C=O) groups is 1. The van der Waals surface area contributed by atoms with Gasteiger partial charge in [-0.1, -0.05) is 13.3 Å². The van der Waals surface area contributed by atoms with Crippen LogP contribution in [0.25, 0.3) is 21.3 Å². The topological polar surface area (TPSA) is 104 Å². The Labute approximate surface area is 182 Å². The lowest BCUT2D eigenvalue weighted by Crippen LogP contribution is -2.33. The highest BCUT2D eigenvalue weighted by Gasteiger charge is 2.27. The fraction of sp³-hybridized carbons (Fsp3) is 0.409. The van der Waals surface area contributed by atoms with Crippen molar-refractivity contribution in [2.75, 3.05) is 0 Å². The van der Waals surface area contributed by atoms with E-state index in [9.17, 15) is 19.7 Å². The Morgan fingerprint density at radius 1 is 1.29 bits per heavy atom. The van der Waals surface area contributed by atoms with Gasteiger partial charge in [0.2, 0.25) is 0 Å². The maximum absolute atomic E-state index is 13.4. The Morgan fingerprint density at radius 2 is 2.00 bits per heavy atom. The molecule has 162 valence electrons. The molecule has 1 unspecified atom stereocenters. The van der Waals surface area contributed by atoms with Crippen molar-refractivity contribution < 1.29 is 14.5 Å². The SMILES string of the molecule is CCC(C(=O)OC1CCCCC1)n1cnc2scc(-c3ccc([N+](=O)[O-])cc3)c2c1=O. The van der Waals surface area contributed by atoms with Crippen molar-refractivity contribution in [2.45, 2.75) is 57.6 Å². The third-order valence-corrected chi connectivity index (χ3v) is 6.62. The second-order valence-corrected chi connectivity index (χ2v) is 8.57. The molecule has 0 amide bonds. The molecule has 1 saturated carbocycles. The zero-order valence-corrected chi connectivity index (χ0v) is 18.0. The quantitative estimate of drug-likeness (QED) is 0.307. The summed E-state index contributed by atoms with van der Waals surface area (Å²) in [6.07, 6.45) is 6.74. The summed E-state index contributed by atoms with van der Waals surface area (Å²) >= 11 is 1.32. The lowest BCUT2D eigenvalue weighted by molar-refractivity contribution is -0.384. The summed E-state index contributed by atoms with van der Waals surface area (Å²) in [5, 5.41) is 13.1. The molecular formula is C22H23N3O5S. The Morgan fingerprint density at radius 3 is 2.65 bits per heavy atom. The highest BCUT2D eigenvalue weighted by atomic mass is 32.1. The van der Waals surface area contributed by atoms with Crippen molar-refractivity contribution in [1.82, 2.24) is 9.55 Å². The van der Waals surface area contributed by atoms with E-state index in [1.165, 1.54) is 34.4 Å². The van der Waals surface area contributed by atoms with Crippen molar-refractivity contribution in [3.05, 3.63) is 56.4 Å². The predicted octanol–water partition coefficient (Wildman–Crippen LogP) is 4.86. The van der Waals surface area contributed by atoms with Crippen LogP contribution in [0.3, 0.4) is 0 Å². The summed E-state index contributed by atoms with van der Waals surface area (Å²) < 4.78 is 7.07. The first-order chi connectivity index (χ1) is 15.0. The van der Waals surface area contributed by atoms with Crippen molar-refractivity contribution in [2.24, 2.45) is 0 Å². The molecule has 1 fully saturated rings. The molecule has 0 radical (unpaired) electrons. The molecular weight excluding hydrogens is 418 g/mol. The van der Waals surface area contributed by atoms with Gasteiger partial charge in [-0.05, 0) is 49.8 Å². The maximum Gasteiger partial charge on any atom is 0.329 e. The number of nitro benzene ring substituents is 1. The Bertz CT molecular complexity index is 1160. The van der Waals surface area contributed by atoms with Crippen LogP contribution in [0.2, 0.25) is 0 Å². The van der Waals surface area contributed by atoms with Gasteiger partial charge in [0, 0.05) is 23.1 Å². The number of hydrogen-bond acceptors (Lipinski definition) is 7. The summed E-state index contributed by atoms with van der Waals surface area (Å²) in [4.78, 5) is 41.6. The zero-order valence-electron chi connectivity index (χ0n) is 17.2. The molecule has 1 aliphatic carbocycles. The monoisotopic (exact) mass is 441 g/mol. The fourth-order valence-corrected chi connectivity index (χ4v) is 4.95. The van der Waals surface area contributed by atoms with E-state index in [0.29, 0.717) is 27.8 Å². The molecule has 0 bridgehead atoms. The van der Waals surface area contributed by atoms with Gasteiger partial charge in [0.15, 0.2) is 0 Å². The van der Waals surface area contributed by atoms with Crippen LogP contribution in [0.15, 0.2) is 40.8 Å². The molecule has 2 aromatic heterocycles. The minimum atomic E-state index is -0.740. The van der Waals surface area contributed by atoms with Gasteiger partial charge in [0.1, 0.15) is 17.0 Å². The lowest BCUT2D eigenvalue weighted by Gasteiger charge is -2.25. The van der Waals surface area contributed by atoms with Gasteiger partial charge < -0.3 is 4.74 Å². The van der Waals surface area contributed by atoms with Crippen LogP contribution >= 0.6 is 11.3 Å². The van der Waals surface area contributed by atoms with Gasteiger partial charge >= 0.3 is 5.97 Å². The maximum atomic E-state index is 13.4. The number of carbonyl (C=O) groups excluding carboxylic acids is 1. The Kier molecular flexibility index (Phi) is 6.13. The summed E-state index contributed by atoms with van der Waals surface area (Å²) in [6.45, 7) is 1.84. The Hall–Kier alpha value is -3.07. The average Bonchev–Trinajstić information content (AvgIpc) is 3.21. The van der Waals surface area contributed by atoms with E-state index in [4.69, 9.17) is 4.74 Å². The van der Waals surface area contributed by atoms with Gasteiger partial charge in [0.05, 0.1) is 16.6 Å². The minimum absolute atomic E-state index is 0.0182. The van der Waals surface area contributed by atoms with Crippen LogP contribution in [0, 0.1) is 10.1 Å². The van der Waals surface area contributed by atoms with Gasteiger partial charge in [-0.25, -0.2) is 9.78 Å². The largest absolute Gasteiger partial charge is 0.461 e. The molecule has 2 heterocycles. The molecule has 1 aliphatic rings. The summed E-state index contributed by atoms with van der Waals surface area (Å²) in [7, 11) is 0. The fourth-order valence-electron chi connectivity index (χ4n) is 4.05. The van der Waals surface area contributed by atoms with Crippen molar-refractivity contribution in [3.8, 4) is 11.1 Å². The highest BCUT2D eigenvalue weighted by Crippen LogP contribution is 2.32. The second kappa shape index (κ2) is 8.97. The number of aromatic nitrogens is 2. The predicted molar refractivity (Wildman–Crippen MR) is 118 cm³/mol. The van der Waals surface area contributed by atoms with E-state index in [1.54, 1.807) is 12.1 Å². The number of ether oxygens (including phenoxy) is 1. The standard InChI is InChI=1S/C22H23N3O5S/c1-2-18(22(27)30-16-6-4-3-5-7-16)24-13-23-20-19(21(24)26)17(12-31-20)14-8-10-15(11-9-14)25(28)29/h8-13,16,18H,2-7H2,1H3. The molecule has 4 rings (SSSR count). The van der Waals surface area contributed by atoms with Gasteiger partial charge in [-0.3, -0.25) is 19.5 Å². The third-order valence-electron chi connectivity index (χ3n) is 5.74. The van der Waals surface area contributed by atoms with Crippen LogP contribution in [-0.2, 0) is 9.53 Å². The van der Waals surface area contributed by atoms with Gasteiger partial charge in [-0.15, -0.1) is 11.3 Å². The minimum Gasteiger partial charge on any atom is -0.461 e. The van der Waals surface area contributed by atoms with E-state index >= 15 is 0 Å². The molecule has 0 saturated heterocycles. The molecule has 0 spiro atoms. The number of nitro groups is 1. The number of fused-ring (bicyclic) bond motifs is 1. The molecule has 31 heavy (non-hydrogen) atoms. The first kappa shape index (κ1) is 21.2. The number of non-ortho nitro benzene ring substituents is 1. The number of thiophene rings is 1. The smallest absolute Gasteiger partial charge is 0.329 e. The number of nitrogens with zero attached hydrogens (tertiary/aromatic N) is 3. The molecule has 8 nitrogen and oxygen atoms in total. The molecule has 0 aliphatic heterocycles. The van der Waals surface area contributed by atoms with Crippen LogP contribution in [0.1, 0.15) is 51.5 Å².